The van der Waals surface area contributed by atoms with Crippen molar-refractivity contribution in [3.63, 3.8) is 0 Å². The van der Waals surface area contributed by atoms with E-state index in [9.17, 15) is 36.9 Å². The van der Waals surface area contributed by atoms with E-state index in [2.05, 4.69) is 12.1 Å². The zero-order valence-electron chi connectivity index (χ0n) is 22.3. The summed E-state index contributed by atoms with van der Waals surface area (Å²) in [5.74, 6) is 0. The highest BCUT2D eigenvalue weighted by Crippen LogP contribution is 2.44. The van der Waals surface area contributed by atoms with Crippen LogP contribution in [-0.2, 0) is 12.4 Å². The summed E-state index contributed by atoms with van der Waals surface area (Å²) in [4.78, 5) is 0. The average Bonchev–Trinajstić information content (AvgIpc) is 3.52. The molecule has 0 aliphatic heterocycles. The Morgan fingerprint density at radius 2 is 0.955 bits per heavy atom. The third-order valence-corrected chi connectivity index (χ3v) is 7.80. The van der Waals surface area contributed by atoms with Crippen LogP contribution in [0.4, 0.5) is 26.3 Å². The molecule has 0 bridgehead atoms. The minimum absolute atomic E-state index is 0.114. The van der Waals surface area contributed by atoms with Gasteiger partial charge in [-0.1, -0.05) is 42.5 Å². The highest BCUT2D eigenvalue weighted by molar-refractivity contribution is 6.29. The van der Waals surface area contributed by atoms with Gasteiger partial charge in [0, 0.05) is 27.2 Å². The Morgan fingerprint density at radius 1 is 0.500 bits per heavy atom. The van der Waals surface area contributed by atoms with E-state index in [1.807, 2.05) is 18.2 Å². The lowest BCUT2D eigenvalue weighted by Gasteiger charge is -2.16. The van der Waals surface area contributed by atoms with Gasteiger partial charge in [-0.15, -0.1) is 0 Å². The smallest absolute Gasteiger partial charge is 0.309 e. The summed E-state index contributed by atoms with van der Waals surface area (Å²) in [6.07, 6.45) is -10.0. The SMILES string of the molecule is N#Cc1cccc(C#N)c1-n1c2ccccc2c2c3c4ccccc4n(-c4cc(C(F)(F)F)cc(C(F)(F)F)c4)c3ccc21. The van der Waals surface area contributed by atoms with Crippen LogP contribution in [-0.4, -0.2) is 9.13 Å². The number of hydrogen-bond acceptors (Lipinski definition) is 2. The lowest BCUT2D eigenvalue weighted by atomic mass is 10.1. The second-order valence-corrected chi connectivity index (χ2v) is 10.2. The van der Waals surface area contributed by atoms with Crippen molar-refractivity contribution < 1.29 is 26.3 Å². The molecule has 0 fully saturated rings. The van der Waals surface area contributed by atoms with Gasteiger partial charge in [0.25, 0.3) is 0 Å². The summed E-state index contributed by atoms with van der Waals surface area (Å²) in [5, 5.41) is 22.5. The third-order valence-electron chi connectivity index (χ3n) is 7.80. The number of alkyl halides is 6. The van der Waals surface area contributed by atoms with Crippen molar-refractivity contribution in [1.82, 2.24) is 9.13 Å². The first-order valence-corrected chi connectivity index (χ1v) is 13.2. The van der Waals surface area contributed by atoms with Gasteiger partial charge in [-0.3, -0.25) is 0 Å². The molecule has 44 heavy (non-hydrogen) atoms. The van der Waals surface area contributed by atoms with Crippen molar-refractivity contribution in [2.45, 2.75) is 12.4 Å². The normalized spacial score (nSPS) is 12.3. The molecular formula is C34H16F6N4. The molecular weight excluding hydrogens is 578 g/mol. The Morgan fingerprint density at radius 3 is 1.43 bits per heavy atom. The molecule has 10 heteroatoms. The maximum absolute atomic E-state index is 13.9. The fourth-order valence-electron chi connectivity index (χ4n) is 6.07. The first-order chi connectivity index (χ1) is 21.0. The van der Waals surface area contributed by atoms with Crippen molar-refractivity contribution in [3.05, 3.63) is 119 Å². The summed E-state index contributed by atoms with van der Waals surface area (Å²) < 4.78 is 86.3. The second kappa shape index (κ2) is 9.38. The van der Waals surface area contributed by atoms with Crippen LogP contribution in [0, 0.1) is 22.7 Å². The summed E-state index contributed by atoms with van der Waals surface area (Å²) in [5.41, 5.74) is -0.132. The predicted octanol–water partition coefficient (Wildman–Crippen LogP) is 9.66. The summed E-state index contributed by atoms with van der Waals surface area (Å²) in [6, 6.07) is 28.2. The zero-order valence-corrected chi connectivity index (χ0v) is 22.3. The Kier molecular flexibility index (Phi) is 5.78. The highest BCUT2D eigenvalue weighted by atomic mass is 19.4. The van der Waals surface area contributed by atoms with Gasteiger partial charge in [0.2, 0.25) is 0 Å². The summed E-state index contributed by atoms with van der Waals surface area (Å²) in [6.45, 7) is 0. The Balaban J connectivity index is 1.68. The minimum atomic E-state index is -5.01. The van der Waals surface area contributed by atoms with Crippen molar-refractivity contribution in [3.8, 4) is 23.5 Å². The van der Waals surface area contributed by atoms with Crippen molar-refractivity contribution >= 4 is 43.6 Å². The molecule has 7 rings (SSSR count). The predicted molar refractivity (Wildman–Crippen MR) is 155 cm³/mol. The number of aromatic nitrogens is 2. The Hall–Kier alpha value is -5.74. The van der Waals surface area contributed by atoms with Crippen LogP contribution < -0.4 is 0 Å². The molecule has 4 nitrogen and oxygen atoms in total. The lowest BCUT2D eigenvalue weighted by Crippen LogP contribution is -2.12. The van der Waals surface area contributed by atoms with Crippen LogP contribution in [0.1, 0.15) is 22.3 Å². The number of hydrogen-bond donors (Lipinski definition) is 0. The molecule has 0 saturated carbocycles. The van der Waals surface area contributed by atoms with E-state index in [0.717, 1.165) is 17.5 Å². The number of benzene rings is 5. The molecule has 2 aromatic heterocycles. The maximum atomic E-state index is 13.9. The van der Waals surface area contributed by atoms with Crippen LogP contribution in [0.2, 0.25) is 0 Å². The molecule has 0 spiro atoms. The first-order valence-electron chi connectivity index (χ1n) is 13.2. The number of rotatable bonds is 2. The highest BCUT2D eigenvalue weighted by Gasteiger charge is 2.37. The molecule has 0 aliphatic rings. The Labute approximate surface area is 244 Å². The number of halogens is 6. The van der Waals surface area contributed by atoms with Gasteiger partial charge in [0.1, 0.15) is 12.1 Å². The number of nitriles is 2. The molecule has 7 aromatic rings. The van der Waals surface area contributed by atoms with E-state index in [4.69, 9.17) is 0 Å². The molecule has 0 radical (unpaired) electrons. The van der Waals surface area contributed by atoms with Gasteiger partial charge >= 0.3 is 12.4 Å². The van der Waals surface area contributed by atoms with Gasteiger partial charge in [-0.05, 0) is 54.6 Å². The fourth-order valence-corrected chi connectivity index (χ4v) is 6.07. The van der Waals surface area contributed by atoms with Crippen LogP contribution in [0.3, 0.4) is 0 Å². The van der Waals surface area contributed by atoms with Crippen LogP contribution in [0.5, 0.6) is 0 Å². The molecule has 0 N–H and O–H groups in total. The van der Waals surface area contributed by atoms with Crippen LogP contribution >= 0.6 is 0 Å². The molecule has 0 unspecified atom stereocenters. The summed E-state index contributed by atoms with van der Waals surface area (Å²) in [7, 11) is 0. The van der Waals surface area contributed by atoms with E-state index >= 15 is 0 Å². The maximum Gasteiger partial charge on any atom is 0.416 e. The van der Waals surface area contributed by atoms with Gasteiger partial charge in [-0.2, -0.15) is 36.9 Å². The number of fused-ring (bicyclic) bond motifs is 7. The lowest BCUT2D eigenvalue weighted by molar-refractivity contribution is -0.143. The first kappa shape index (κ1) is 27.1. The quantitative estimate of drug-likeness (QED) is 0.187. The van der Waals surface area contributed by atoms with Crippen molar-refractivity contribution in [1.29, 1.82) is 10.5 Å². The van der Waals surface area contributed by atoms with Gasteiger partial charge in [0.05, 0.1) is 50.0 Å². The van der Waals surface area contributed by atoms with Gasteiger partial charge in [0.15, 0.2) is 0 Å². The standard InChI is InChI=1S/C34H16F6N4/c35-33(36,37)21-14-22(34(38,39)40)16-23(15-21)43-26-10-3-1-8-24(26)30-28(43)12-13-29-31(30)25-9-2-4-11-27(25)44(29)32-19(17-41)6-5-7-20(32)18-42/h1-16H. The fraction of sp³-hybridized carbons (Fsp3) is 0.0588. The minimum Gasteiger partial charge on any atom is -0.309 e. The van der Waals surface area contributed by atoms with E-state index in [1.54, 1.807) is 65.2 Å². The zero-order chi connectivity index (χ0) is 31.0. The van der Waals surface area contributed by atoms with E-state index in [1.165, 1.54) is 4.57 Å². The summed E-state index contributed by atoms with van der Waals surface area (Å²) >= 11 is 0. The number of nitrogens with zero attached hydrogens (tertiary/aromatic N) is 4. The van der Waals surface area contributed by atoms with Gasteiger partial charge < -0.3 is 9.13 Å². The van der Waals surface area contributed by atoms with E-state index < -0.39 is 23.5 Å². The molecule has 0 aliphatic carbocycles. The van der Waals surface area contributed by atoms with Gasteiger partial charge in [-0.25, -0.2) is 0 Å². The van der Waals surface area contributed by atoms with Crippen molar-refractivity contribution in [2.75, 3.05) is 0 Å². The molecule has 2 heterocycles. The largest absolute Gasteiger partial charge is 0.416 e. The van der Waals surface area contributed by atoms with E-state index in [0.29, 0.717) is 43.9 Å². The monoisotopic (exact) mass is 594 g/mol. The Bertz CT molecular complexity index is 2330. The second-order valence-electron chi connectivity index (χ2n) is 10.2. The topological polar surface area (TPSA) is 57.4 Å². The molecule has 0 atom stereocenters. The average molecular weight is 595 g/mol. The third kappa shape index (κ3) is 3.92. The van der Waals surface area contributed by atoms with E-state index in [-0.39, 0.29) is 22.9 Å². The molecule has 0 amide bonds. The molecule has 5 aromatic carbocycles. The van der Waals surface area contributed by atoms with Crippen LogP contribution in [0.15, 0.2) is 97.1 Å². The molecule has 0 saturated heterocycles. The van der Waals surface area contributed by atoms with Crippen LogP contribution in [0.25, 0.3) is 55.0 Å². The van der Waals surface area contributed by atoms with Crippen molar-refractivity contribution in [2.24, 2.45) is 0 Å². The molecule has 214 valence electrons. The number of para-hydroxylation sites is 3.